The molecular weight excluding hydrogens is 287 g/mol. The Kier molecular flexibility index (Phi) is 3.51. The maximum atomic E-state index is 13.0. The van der Waals surface area contributed by atoms with Crippen molar-refractivity contribution in [2.24, 2.45) is 0 Å². The number of hydrogen-bond acceptors (Lipinski definition) is 3. The van der Waals surface area contributed by atoms with E-state index in [4.69, 9.17) is 5.11 Å². The van der Waals surface area contributed by atoms with E-state index in [0.717, 1.165) is 16.8 Å². The number of hydrogen-bond donors (Lipinski definition) is 1. The van der Waals surface area contributed by atoms with Crippen molar-refractivity contribution >= 4 is 6.09 Å². The minimum atomic E-state index is -0.987. The van der Waals surface area contributed by atoms with E-state index in [9.17, 15) is 14.4 Å². The first-order valence-corrected chi connectivity index (χ1v) is 6.79. The van der Waals surface area contributed by atoms with E-state index in [0.29, 0.717) is 25.2 Å². The topological polar surface area (TPSA) is 82.2 Å². The second-order valence-electron chi connectivity index (χ2n) is 5.12. The zero-order valence-corrected chi connectivity index (χ0v) is 11.7. The van der Waals surface area contributed by atoms with Crippen LogP contribution in [0.4, 0.5) is 9.18 Å². The summed E-state index contributed by atoms with van der Waals surface area (Å²) in [6, 6.07) is 8.07. The third-order valence-corrected chi connectivity index (χ3v) is 3.76. The van der Waals surface area contributed by atoms with Crippen LogP contribution in [0.15, 0.2) is 24.3 Å². The molecule has 22 heavy (non-hydrogen) atoms. The van der Waals surface area contributed by atoms with Crippen LogP contribution >= 0.6 is 0 Å². The number of amides is 1. The Hall–Kier alpha value is -2.88. The number of rotatable bonds is 2. The van der Waals surface area contributed by atoms with Crippen LogP contribution in [0.5, 0.6) is 0 Å². The van der Waals surface area contributed by atoms with Gasteiger partial charge >= 0.3 is 6.09 Å². The number of benzene rings is 1. The summed E-state index contributed by atoms with van der Waals surface area (Å²) in [5.41, 5.74) is 2.71. The molecule has 0 saturated carbocycles. The molecule has 1 aromatic heterocycles. The monoisotopic (exact) mass is 300 g/mol. The van der Waals surface area contributed by atoms with E-state index in [1.807, 2.05) is 0 Å². The molecule has 112 valence electrons. The normalized spacial score (nSPS) is 13.5. The summed E-state index contributed by atoms with van der Waals surface area (Å²) < 4.78 is 14.6. The van der Waals surface area contributed by atoms with Crippen molar-refractivity contribution in [1.82, 2.24) is 14.7 Å². The molecule has 0 aliphatic carbocycles. The molecule has 2 aromatic rings. The van der Waals surface area contributed by atoms with Gasteiger partial charge in [0.15, 0.2) is 5.69 Å². The number of halogens is 1. The summed E-state index contributed by atoms with van der Waals surface area (Å²) in [7, 11) is 0. The largest absolute Gasteiger partial charge is 0.465 e. The second-order valence-corrected chi connectivity index (χ2v) is 5.12. The molecule has 7 heteroatoms. The van der Waals surface area contributed by atoms with Gasteiger partial charge in [-0.25, -0.2) is 9.18 Å². The third kappa shape index (κ3) is 2.51. The molecule has 0 spiro atoms. The van der Waals surface area contributed by atoms with Gasteiger partial charge in [-0.2, -0.15) is 10.4 Å². The number of aromatic nitrogens is 2. The lowest BCUT2D eigenvalue weighted by atomic mass is 10.0. The fourth-order valence-electron chi connectivity index (χ4n) is 2.63. The predicted molar refractivity (Wildman–Crippen MR) is 74.6 cm³/mol. The summed E-state index contributed by atoms with van der Waals surface area (Å²) >= 11 is 0. The van der Waals surface area contributed by atoms with Crippen LogP contribution in [0.3, 0.4) is 0 Å². The van der Waals surface area contributed by atoms with E-state index >= 15 is 0 Å². The molecule has 0 atom stereocenters. The Morgan fingerprint density at radius 2 is 2.14 bits per heavy atom. The number of fused-ring (bicyclic) bond motifs is 1. The Bertz CT molecular complexity index is 761. The summed E-state index contributed by atoms with van der Waals surface area (Å²) in [6.45, 7) is 0.942. The number of nitrogens with zero attached hydrogens (tertiary/aromatic N) is 4. The van der Waals surface area contributed by atoms with Gasteiger partial charge in [-0.1, -0.05) is 12.1 Å². The fourth-order valence-corrected chi connectivity index (χ4v) is 2.63. The van der Waals surface area contributed by atoms with Gasteiger partial charge in [0.25, 0.3) is 0 Å². The van der Waals surface area contributed by atoms with E-state index in [-0.39, 0.29) is 12.4 Å². The Morgan fingerprint density at radius 1 is 1.41 bits per heavy atom. The predicted octanol–water partition coefficient (Wildman–Crippen LogP) is 1.98. The minimum Gasteiger partial charge on any atom is -0.465 e. The van der Waals surface area contributed by atoms with Gasteiger partial charge in [0, 0.05) is 12.1 Å². The highest BCUT2D eigenvalue weighted by atomic mass is 19.1. The smallest absolute Gasteiger partial charge is 0.407 e. The van der Waals surface area contributed by atoms with Crippen LogP contribution in [0.2, 0.25) is 0 Å². The van der Waals surface area contributed by atoms with Crippen molar-refractivity contribution in [1.29, 1.82) is 5.26 Å². The lowest BCUT2D eigenvalue weighted by Gasteiger charge is -2.25. The number of nitriles is 1. The molecule has 1 aliphatic heterocycles. The first kappa shape index (κ1) is 14.1. The minimum absolute atomic E-state index is 0.209. The second kappa shape index (κ2) is 5.48. The van der Waals surface area contributed by atoms with Gasteiger partial charge in [0.1, 0.15) is 11.9 Å². The highest BCUT2D eigenvalue weighted by molar-refractivity contribution is 5.65. The van der Waals surface area contributed by atoms with Crippen LogP contribution in [0, 0.1) is 17.1 Å². The molecule has 3 rings (SSSR count). The zero-order chi connectivity index (χ0) is 15.7. The summed E-state index contributed by atoms with van der Waals surface area (Å²) in [6.07, 6.45) is -0.507. The zero-order valence-electron chi connectivity index (χ0n) is 11.7. The van der Waals surface area contributed by atoms with Crippen LogP contribution in [0.1, 0.15) is 22.5 Å². The highest BCUT2D eigenvalue weighted by Gasteiger charge is 2.27. The molecule has 2 heterocycles. The Morgan fingerprint density at radius 3 is 2.77 bits per heavy atom. The van der Waals surface area contributed by atoms with E-state index in [1.165, 1.54) is 17.0 Å². The van der Waals surface area contributed by atoms with Crippen molar-refractivity contribution in [3.05, 3.63) is 52.6 Å². The standard InChI is InChI=1S/C15H13FN4O2/c16-11-3-1-10(2-4-11)8-20-14-9-19(15(21)22)6-5-12(14)13(7-17)18-20/h1-4H,5-6,8-9H2,(H,21,22). The van der Waals surface area contributed by atoms with E-state index < -0.39 is 6.09 Å². The molecule has 0 radical (unpaired) electrons. The lowest BCUT2D eigenvalue weighted by molar-refractivity contribution is 0.138. The van der Waals surface area contributed by atoms with Crippen LogP contribution in [0.25, 0.3) is 0 Å². The maximum absolute atomic E-state index is 13.0. The Labute approximate surface area is 126 Å². The maximum Gasteiger partial charge on any atom is 0.407 e. The van der Waals surface area contributed by atoms with Gasteiger partial charge in [-0.05, 0) is 24.1 Å². The highest BCUT2D eigenvalue weighted by Crippen LogP contribution is 2.23. The third-order valence-electron chi connectivity index (χ3n) is 3.76. The van der Waals surface area contributed by atoms with Gasteiger partial charge in [0.2, 0.25) is 0 Å². The van der Waals surface area contributed by atoms with Crippen molar-refractivity contribution in [2.45, 2.75) is 19.5 Å². The van der Waals surface area contributed by atoms with Crippen molar-refractivity contribution in [2.75, 3.05) is 6.54 Å². The molecule has 1 N–H and O–H groups in total. The van der Waals surface area contributed by atoms with Crippen LogP contribution < -0.4 is 0 Å². The van der Waals surface area contributed by atoms with Gasteiger partial charge in [0.05, 0.1) is 18.8 Å². The molecule has 0 unspecified atom stereocenters. The summed E-state index contributed by atoms with van der Waals surface area (Å²) in [4.78, 5) is 12.4. The molecule has 1 aliphatic rings. The lowest BCUT2D eigenvalue weighted by Crippen LogP contribution is -2.35. The van der Waals surface area contributed by atoms with Crippen molar-refractivity contribution in [3.8, 4) is 6.07 Å². The van der Waals surface area contributed by atoms with Gasteiger partial charge < -0.3 is 10.0 Å². The number of carboxylic acid groups (broad SMARTS) is 1. The summed E-state index contributed by atoms with van der Waals surface area (Å²) in [5.74, 6) is -0.319. The first-order chi connectivity index (χ1) is 10.6. The quantitative estimate of drug-likeness (QED) is 0.919. The molecular formula is C15H13FN4O2. The Balaban J connectivity index is 1.95. The SMILES string of the molecule is N#Cc1nn(Cc2ccc(F)cc2)c2c1CCN(C(=O)O)C2. The van der Waals surface area contributed by atoms with Gasteiger partial charge in [-0.3, -0.25) is 4.68 Å². The van der Waals surface area contributed by atoms with Crippen molar-refractivity contribution in [3.63, 3.8) is 0 Å². The van der Waals surface area contributed by atoms with Crippen LogP contribution in [-0.2, 0) is 19.5 Å². The molecule has 1 aromatic carbocycles. The summed E-state index contributed by atoms with van der Waals surface area (Å²) in [5, 5.41) is 22.6. The molecule has 1 amide bonds. The molecule has 0 saturated heterocycles. The average molecular weight is 300 g/mol. The first-order valence-electron chi connectivity index (χ1n) is 6.79. The number of carbonyl (C=O) groups is 1. The average Bonchev–Trinajstić information content (AvgIpc) is 2.87. The van der Waals surface area contributed by atoms with Crippen LogP contribution in [-0.4, -0.2) is 32.4 Å². The van der Waals surface area contributed by atoms with Gasteiger partial charge in [-0.15, -0.1) is 0 Å². The molecule has 0 fully saturated rings. The fraction of sp³-hybridized carbons (Fsp3) is 0.267. The van der Waals surface area contributed by atoms with Crippen molar-refractivity contribution < 1.29 is 14.3 Å². The van der Waals surface area contributed by atoms with E-state index in [1.54, 1.807) is 16.8 Å². The molecule has 0 bridgehead atoms. The molecule has 6 nitrogen and oxygen atoms in total. The van der Waals surface area contributed by atoms with E-state index in [2.05, 4.69) is 11.2 Å².